The molecule has 0 saturated carbocycles. The minimum absolute atomic E-state index is 0.152. The van der Waals surface area contributed by atoms with Crippen molar-refractivity contribution in [1.82, 2.24) is 5.23 Å². The van der Waals surface area contributed by atoms with Crippen LogP contribution in [0.25, 0.3) is 0 Å². The molecule has 0 atom stereocenters. The van der Waals surface area contributed by atoms with E-state index in [2.05, 4.69) is 5.23 Å². The summed E-state index contributed by atoms with van der Waals surface area (Å²) >= 11 is 0. The molecule has 0 rings (SSSR count). The van der Waals surface area contributed by atoms with Gasteiger partial charge in [0.2, 0.25) is 0 Å². The third-order valence-corrected chi connectivity index (χ3v) is 1.01. The molecule has 0 fully saturated rings. The number of nitrogens with one attached hydrogen (secondary N) is 1. The van der Waals surface area contributed by atoms with E-state index in [-0.39, 0.29) is 6.42 Å². The number of carbonyl (C=O) groups is 1. The van der Waals surface area contributed by atoms with Crippen LogP contribution in [0.5, 0.6) is 0 Å². The van der Waals surface area contributed by atoms with Crippen LogP contribution in [0.15, 0.2) is 0 Å². The Morgan fingerprint density at radius 2 is 2.30 bits per heavy atom. The Balaban J connectivity index is 2.98. The molecule has 0 aromatic rings. The number of carboxylic acids is 1. The maximum absolute atomic E-state index is 9.95. The molecule has 0 aromatic carbocycles. The molecule has 0 aromatic heterocycles. The summed E-state index contributed by atoms with van der Waals surface area (Å²) in [5.74, 6) is -0.799. The van der Waals surface area contributed by atoms with Crippen LogP contribution in [0.3, 0.4) is 0 Å². The van der Waals surface area contributed by atoms with Crippen molar-refractivity contribution in [3.05, 3.63) is 0 Å². The van der Waals surface area contributed by atoms with E-state index in [0.717, 1.165) is 0 Å². The predicted molar refractivity (Wildman–Crippen MR) is 38.7 cm³/mol. The number of hydrogen-bond donors (Lipinski definition) is 3. The summed E-state index contributed by atoms with van der Waals surface area (Å²) in [6.45, 7) is 2.14. The molecule has 0 spiro atoms. The highest BCUT2D eigenvalue weighted by molar-refractivity contribution is 6.45. The Hall–Kier alpha value is -0.545. The van der Waals surface area contributed by atoms with Gasteiger partial charge in [-0.15, -0.1) is 0 Å². The molecule has 4 nitrogen and oxygen atoms in total. The van der Waals surface area contributed by atoms with E-state index < -0.39 is 13.0 Å². The van der Waals surface area contributed by atoms with E-state index in [4.69, 9.17) is 10.1 Å². The topological polar surface area (TPSA) is 69.6 Å². The van der Waals surface area contributed by atoms with Crippen molar-refractivity contribution in [2.24, 2.45) is 0 Å². The van der Waals surface area contributed by atoms with Crippen molar-refractivity contribution < 1.29 is 14.9 Å². The predicted octanol–water partition coefficient (Wildman–Crippen LogP) is -0.449. The Kier molecular flexibility index (Phi) is 4.97. The lowest BCUT2D eigenvalue weighted by Crippen LogP contribution is -2.31. The first kappa shape index (κ1) is 9.45. The third-order valence-electron chi connectivity index (χ3n) is 1.01. The Labute approximate surface area is 60.4 Å². The van der Waals surface area contributed by atoms with Crippen molar-refractivity contribution in [2.75, 3.05) is 6.54 Å². The lowest BCUT2D eigenvalue weighted by Gasteiger charge is -2.00. The smallest absolute Gasteiger partial charge is 0.373 e. The number of aliphatic carboxylic acids is 1. The largest absolute Gasteiger partial charge is 0.481 e. The first-order chi connectivity index (χ1) is 4.63. The van der Waals surface area contributed by atoms with Gasteiger partial charge in [0.25, 0.3) is 0 Å². The van der Waals surface area contributed by atoms with Crippen LogP contribution in [0.1, 0.15) is 12.8 Å². The maximum Gasteiger partial charge on any atom is 0.373 e. The van der Waals surface area contributed by atoms with Gasteiger partial charge in [-0.3, -0.25) is 4.79 Å². The van der Waals surface area contributed by atoms with E-state index in [9.17, 15) is 4.79 Å². The zero-order valence-corrected chi connectivity index (χ0v) is 6.00. The van der Waals surface area contributed by atoms with Crippen molar-refractivity contribution in [3.63, 3.8) is 0 Å². The molecule has 0 radical (unpaired) electrons. The zero-order chi connectivity index (χ0) is 7.98. The van der Waals surface area contributed by atoms with Gasteiger partial charge < -0.3 is 15.4 Å². The van der Waals surface area contributed by atoms with Crippen LogP contribution in [-0.2, 0) is 4.79 Å². The normalized spacial score (nSPS) is 9.40. The van der Waals surface area contributed by atoms with E-state index >= 15 is 0 Å². The van der Waals surface area contributed by atoms with E-state index in [0.29, 0.717) is 13.0 Å². The molecule has 0 aliphatic carbocycles. The molecule has 0 unspecified atom stereocenters. The molecule has 0 aliphatic rings. The maximum atomic E-state index is 9.95. The standard InChI is InChI=1S/C5H12BNO3/c1-6(10)7-4-2-3-5(8)9/h7,10H,2-4H2,1H3,(H,8,9). The summed E-state index contributed by atoms with van der Waals surface area (Å²) < 4.78 is 0. The van der Waals surface area contributed by atoms with Gasteiger partial charge in [-0.1, -0.05) is 0 Å². The quantitative estimate of drug-likeness (QED) is 0.362. The van der Waals surface area contributed by atoms with E-state index in [1.54, 1.807) is 6.82 Å². The molecule has 0 saturated heterocycles. The van der Waals surface area contributed by atoms with Gasteiger partial charge in [-0.05, 0) is 19.8 Å². The minimum atomic E-state index is -0.799. The molecular formula is C5H12BNO3. The third kappa shape index (κ3) is 7.45. The van der Waals surface area contributed by atoms with Crippen LogP contribution >= 0.6 is 0 Å². The van der Waals surface area contributed by atoms with Crippen molar-refractivity contribution in [3.8, 4) is 0 Å². The fourth-order valence-electron chi connectivity index (χ4n) is 0.551. The van der Waals surface area contributed by atoms with Gasteiger partial charge in [-0.25, -0.2) is 0 Å². The SMILES string of the molecule is CB(O)NCCCC(=O)O. The van der Waals surface area contributed by atoms with Gasteiger partial charge in [0.1, 0.15) is 0 Å². The van der Waals surface area contributed by atoms with Crippen LogP contribution in [0, 0.1) is 0 Å². The van der Waals surface area contributed by atoms with Gasteiger partial charge in [0.05, 0.1) is 0 Å². The average Bonchev–Trinajstić information content (AvgIpc) is 1.79. The Morgan fingerprint density at radius 3 is 2.70 bits per heavy atom. The van der Waals surface area contributed by atoms with Gasteiger partial charge >= 0.3 is 13.0 Å². The van der Waals surface area contributed by atoms with E-state index in [1.165, 1.54) is 0 Å². The lowest BCUT2D eigenvalue weighted by atomic mass is 9.89. The van der Waals surface area contributed by atoms with Crippen LogP contribution in [0.4, 0.5) is 0 Å². The molecule has 0 heterocycles. The summed E-state index contributed by atoms with van der Waals surface area (Å²) in [7, 11) is -0.547. The highest BCUT2D eigenvalue weighted by Crippen LogP contribution is 1.85. The van der Waals surface area contributed by atoms with Gasteiger partial charge in [0.15, 0.2) is 0 Å². The van der Waals surface area contributed by atoms with Gasteiger partial charge in [-0.2, -0.15) is 0 Å². The number of hydrogen-bond acceptors (Lipinski definition) is 3. The monoisotopic (exact) mass is 145 g/mol. The first-order valence-electron chi connectivity index (χ1n) is 3.26. The van der Waals surface area contributed by atoms with Crippen molar-refractivity contribution >= 4 is 13.0 Å². The Bertz CT molecular complexity index is 107. The van der Waals surface area contributed by atoms with Crippen LogP contribution in [-0.4, -0.2) is 29.7 Å². The number of rotatable bonds is 5. The Morgan fingerprint density at radius 1 is 1.70 bits per heavy atom. The minimum Gasteiger partial charge on any atom is -0.481 e. The highest BCUT2D eigenvalue weighted by Gasteiger charge is 2.00. The highest BCUT2D eigenvalue weighted by atomic mass is 16.4. The van der Waals surface area contributed by atoms with Crippen LogP contribution < -0.4 is 5.23 Å². The summed E-state index contributed by atoms with van der Waals surface area (Å²) in [6, 6.07) is 0. The zero-order valence-electron chi connectivity index (χ0n) is 6.00. The van der Waals surface area contributed by atoms with Crippen molar-refractivity contribution in [1.29, 1.82) is 0 Å². The first-order valence-corrected chi connectivity index (χ1v) is 3.26. The second-order valence-electron chi connectivity index (χ2n) is 2.13. The fraction of sp³-hybridized carbons (Fsp3) is 0.800. The lowest BCUT2D eigenvalue weighted by molar-refractivity contribution is -0.137. The molecule has 5 heteroatoms. The molecule has 10 heavy (non-hydrogen) atoms. The van der Waals surface area contributed by atoms with E-state index in [1.807, 2.05) is 0 Å². The van der Waals surface area contributed by atoms with Crippen molar-refractivity contribution in [2.45, 2.75) is 19.7 Å². The summed E-state index contributed by atoms with van der Waals surface area (Å²) in [6.07, 6.45) is 0.708. The average molecular weight is 145 g/mol. The summed E-state index contributed by atoms with van der Waals surface area (Å²) in [4.78, 5) is 9.95. The summed E-state index contributed by atoms with van der Waals surface area (Å²) in [5, 5.41) is 19.5. The number of carboxylic acid groups (broad SMARTS) is 1. The fourth-order valence-corrected chi connectivity index (χ4v) is 0.551. The molecule has 0 amide bonds. The van der Waals surface area contributed by atoms with Crippen LogP contribution in [0.2, 0.25) is 6.82 Å². The molecule has 3 N–H and O–H groups in total. The molecule has 0 aliphatic heterocycles. The second-order valence-corrected chi connectivity index (χ2v) is 2.13. The summed E-state index contributed by atoms with van der Waals surface area (Å²) in [5.41, 5.74) is 0. The molecular weight excluding hydrogens is 133 g/mol. The second kappa shape index (κ2) is 5.26. The molecule has 0 bridgehead atoms. The van der Waals surface area contributed by atoms with Gasteiger partial charge in [0, 0.05) is 6.42 Å². The molecule has 58 valence electrons.